The molecule has 51 heavy (non-hydrogen) atoms. The number of nitrogens with one attached hydrogen (secondary N) is 1. The van der Waals surface area contributed by atoms with Crippen LogP contribution in [0.4, 0.5) is 23.3 Å². The molecule has 10 rings (SSSR count). The molecule has 0 bridgehead atoms. The number of aryl methyl sites for hydroxylation is 2. The molecule has 0 saturated carbocycles. The van der Waals surface area contributed by atoms with Gasteiger partial charge in [0, 0.05) is 58.1 Å². The molecule has 0 unspecified atom stereocenters. The molecule has 0 aromatic carbocycles. The van der Waals surface area contributed by atoms with Gasteiger partial charge in [-0.1, -0.05) is 0 Å². The van der Waals surface area contributed by atoms with Crippen LogP contribution in [0.3, 0.4) is 0 Å². The van der Waals surface area contributed by atoms with Crippen LogP contribution < -0.4 is 20.0 Å². The Labute approximate surface area is 306 Å². The number of pyridine rings is 2. The minimum atomic E-state index is 1.00. The molecule has 14 heteroatoms. The predicted molar refractivity (Wildman–Crippen MR) is 210 cm³/mol. The van der Waals surface area contributed by atoms with E-state index in [4.69, 9.17) is 9.97 Å². The van der Waals surface area contributed by atoms with E-state index >= 15 is 0 Å². The largest absolute Gasteiger partial charge is 0.373 e. The summed E-state index contributed by atoms with van der Waals surface area (Å²) in [5.41, 5.74) is 7.67. The summed E-state index contributed by atoms with van der Waals surface area (Å²) < 4.78 is 2.31. The van der Waals surface area contributed by atoms with Gasteiger partial charge in [-0.05, 0) is 123 Å². The third kappa shape index (κ3) is 5.78. The number of piperidine rings is 2. The topological polar surface area (TPSA) is 125 Å². The summed E-state index contributed by atoms with van der Waals surface area (Å²) in [6, 6.07) is 0. The van der Waals surface area contributed by atoms with Crippen LogP contribution in [-0.4, -0.2) is 88.1 Å². The van der Waals surface area contributed by atoms with Gasteiger partial charge in [-0.2, -0.15) is 0 Å². The number of aromatic nitrogens is 8. The predicted octanol–water partition coefficient (Wildman–Crippen LogP) is 7.11. The number of rotatable bonds is 4. The van der Waals surface area contributed by atoms with Crippen LogP contribution in [0.1, 0.15) is 86.5 Å². The summed E-state index contributed by atoms with van der Waals surface area (Å²) in [6.45, 7) is 4.26. The van der Waals surface area contributed by atoms with Crippen LogP contribution in [-0.2, 0) is 25.7 Å². The second kappa shape index (κ2) is 13.8. The minimum absolute atomic E-state index is 1.00. The van der Waals surface area contributed by atoms with Crippen molar-refractivity contribution in [1.29, 1.82) is 0 Å². The lowest BCUT2D eigenvalue weighted by Gasteiger charge is -2.27. The molecule has 6 aromatic heterocycles. The molecule has 6 aromatic rings. The van der Waals surface area contributed by atoms with Gasteiger partial charge >= 0.3 is 0 Å². The molecule has 0 radical (unpaired) electrons. The van der Waals surface area contributed by atoms with Crippen LogP contribution in [0.2, 0.25) is 0 Å². The highest BCUT2D eigenvalue weighted by Crippen LogP contribution is 2.44. The third-order valence-electron chi connectivity index (χ3n) is 11.2. The van der Waals surface area contributed by atoms with Gasteiger partial charge in [0.25, 0.3) is 0 Å². The van der Waals surface area contributed by atoms with Crippen molar-refractivity contribution in [2.24, 2.45) is 0 Å². The first-order valence-corrected chi connectivity index (χ1v) is 20.5. The molecule has 266 valence electrons. The summed E-state index contributed by atoms with van der Waals surface area (Å²) >= 11 is 3.47. The van der Waals surface area contributed by atoms with Crippen LogP contribution in [0.15, 0.2) is 0 Å². The second-order valence-corrected chi connectivity index (χ2v) is 16.6. The van der Waals surface area contributed by atoms with Crippen molar-refractivity contribution in [3.05, 3.63) is 22.3 Å². The fraction of sp³-hybridized carbons (Fsp3) is 0.568. The molecule has 0 atom stereocenters. The molecule has 0 spiro atoms. The number of hydrogen-bond donors (Lipinski definition) is 1. The highest BCUT2D eigenvalue weighted by molar-refractivity contribution is 7.26. The van der Waals surface area contributed by atoms with E-state index in [9.17, 15) is 0 Å². The lowest BCUT2D eigenvalue weighted by Crippen LogP contribution is -2.30. The van der Waals surface area contributed by atoms with E-state index in [1.165, 1.54) is 97.2 Å². The van der Waals surface area contributed by atoms with Crippen molar-refractivity contribution < 1.29 is 0 Å². The lowest BCUT2D eigenvalue weighted by atomic mass is 9.90. The summed E-state index contributed by atoms with van der Waals surface area (Å²) in [5.74, 6) is 4.17. The van der Waals surface area contributed by atoms with Crippen LogP contribution in [0.25, 0.3) is 40.9 Å². The molecule has 1 N–H and O–H groups in total. The average molecular weight is 723 g/mol. The van der Waals surface area contributed by atoms with Gasteiger partial charge in [-0.25, -0.2) is 9.97 Å². The van der Waals surface area contributed by atoms with Crippen LogP contribution >= 0.6 is 22.7 Å². The molecule has 2 saturated heterocycles. The van der Waals surface area contributed by atoms with Gasteiger partial charge in [-0.3, -0.25) is 0 Å². The zero-order chi connectivity index (χ0) is 34.5. The number of fused-ring (bicyclic) bond motifs is 10. The Balaban J connectivity index is 0.000000137. The van der Waals surface area contributed by atoms with Crippen molar-refractivity contribution in [2.45, 2.75) is 89.9 Å². The fourth-order valence-corrected chi connectivity index (χ4v) is 11.0. The van der Waals surface area contributed by atoms with Crippen LogP contribution in [0, 0.1) is 0 Å². The average Bonchev–Trinajstić information content (AvgIpc) is 3.77. The smallest absolute Gasteiger partial charge is 0.172 e. The van der Waals surface area contributed by atoms with Crippen molar-refractivity contribution >= 4 is 86.8 Å². The molecular formula is C37H46N12S2. The zero-order valence-corrected chi connectivity index (χ0v) is 31.6. The van der Waals surface area contributed by atoms with Gasteiger partial charge in [0.1, 0.15) is 41.7 Å². The maximum absolute atomic E-state index is 5.04. The first kappa shape index (κ1) is 32.8. The number of thiophene rings is 2. The first-order valence-electron chi connectivity index (χ1n) is 18.9. The monoisotopic (exact) mass is 722 g/mol. The molecule has 12 nitrogen and oxygen atoms in total. The summed E-state index contributed by atoms with van der Waals surface area (Å²) in [7, 11) is 6.16. The van der Waals surface area contributed by atoms with Crippen molar-refractivity contribution in [3.8, 4) is 0 Å². The Morgan fingerprint density at radius 3 is 1.53 bits per heavy atom. The quantitative estimate of drug-likeness (QED) is 0.199. The fourth-order valence-electron chi connectivity index (χ4n) is 8.73. The van der Waals surface area contributed by atoms with E-state index in [1.54, 1.807) is 22.7 Å². The van der Waals surface area contributed by atoms with Gasteiger partial charge in [0.2, 0.25) is 0 Å². The third-order valence-corrected chi connectivity index (χ3v) is 13.3. The van der Waals surface area contributed by atoms with E-state index in [0.717, 1.165) is 105 Å². The summed E-state index contributed by atoms with van der Waals surface area (Å²) in [5, 5.41) is 31.8. The molecule has 8 heterocycles. The first-order chi connectivity index (χ1) is 25.1. The van der Waals surface area contributed by atoms with Crippen molar-refractivity contribution in [1.82, 2.24) is 40.8 Å². The standard InChI is InChI=1S/C19H24N6S.C18H22N6S/c1-24(2)17-13-9-5-4-8-12(13)14-15-16(26-19(14)20-17)18(22-23-21-15)25-10-6-3-7-11-25;1-19-16-12-8-4-3-7-11(12)13-14-15(25-18(13)20-16)17(22-23-21-14)24-9-5-2-6-10-24/h3-11H2,1-2H3;2-10H2,1H3,(H,19,20). The zero-order valence-electron chi connectivity index (χ0n) is 30.0. The van der Waals surface area contributed by atoms with Crippen molar-refractivity contribution in [2.75, 3.05) is 67.3 Å². The molecule has 2 fully saturated rings. The maximum Gasteiger partial charge on any atom is 0.172 e. The highest BCUT2D eigenvalue weighted by Gasteiger charge is 2.27. The number of nitrogens with zero attached hydrogens (tertiary/aromatic N) is 11. The van der Waals surface area contributed by atoms with E-state index in [-0.39, 0.29) is 0 Å². The Hall–Kier alpha value is -4.04. The van der Waals surface area contributed by atoms with Gasteiger partial charge in [0.05, 0.1) is 0 Å². The molecule has 2 aliphatic carbocycles. The molecule has 2 aliphatic heterocycles. The van der Waals surface area contributed by atoms with Gasteiger partial charge in [-0.15, -0.1) is 43.1 Å². The van der Waals surface area contributed by atoms with E-state index in [0.29, 0.717) is 0 Å². The number of hydrogen-bond acceptors (Lipinski definition) is 14. The lowest BCUT2D eigenvalue weighted by molar-refractivity contribution is 0.571. The molecule has 4 aliphatic rings. The molecule has 0 amide bonds. The van der Waals surface area contributed by atoms with E-state index < -0.39 is 0 Å². The summed E-state index contributed by atoms with van der Waals surface area (Å²) in [6.07, 6.45) is 16.9. The van der Waals surface area contributed by atoms with Gasteiger partial charge in [0.15, 0.2) is 11.6 Å². The Kier molecular flexibility index (Phi) is 8.91. The molecular weight excluding hydrogens is 677 g/mol. The van der Waals surface area contributed by atoms with Crippen LogP contribution in [0.5, 0.6) is 0 Å². The highest BCUT2D eigenvalue weighted by atomic mass is 32.1. The second-order valence-electron chi connectivity index (χ2n) is 14.6. The Morgan fingerprint density at radius 1 is 0.549 bits per heavy atom. The van der Waals surface area contributed by atoms with E-state index in [1.807, 2.05) is 7.05 Å². The SMILES string of the molecule is CN(C)c1nc2sc3c(N4CCCCC4)nnnc3c2c2c1CCCC2.CNc1nc2sc3c(N4CCCCC4)nnnc3c2c2c1CCCC2. The van der Waals surface area contributed by atoms with Crippen molar-refractivity contribution in [3.63, 3.8) is 0 Å². The van der Waals surface area contributed by atoms with E-state index in [2.05, 4.69) is 64.9 Å². The normalized spacial score (nSPS) is 17.8. The minimum Gasteiger partial charge on any atom is -0.373 e. The summed E-state index contributed by atoms with van der Waals surface area (Å²) in [4.78, 5) is 19.0. The number of anilines is 4. The van der Waals surface area contributed by atoms with Gasteiger partial charge < -0.3 is 20.0 Å². The Bertz CT molecular complexity index is 2230. The maximum atomic E-state index is 5.04. The Morgan fingerprint density at radius 2 is 1.02 bits per heavy atom.